The number of aryl methyl sites for hydroxylation is 1. The Morgan fingerprint density at radius 1 is 1.19 bits per heavy atom. The number of nitrogens with zero attached hydrogens (tertiary/aromatic N) is 1. The number of carbonyl (C=O) groups is 1. The molecule has 0 spiro atoms. The van der Waals surface area contributed by atoms with Gasteiger partial charge < -0.3 is 14.6 Å². The molecule has 1 aromatic heterocycles. The van der Waals surface area contributed by atoms with E-state index in [1.807, 2.05) is 36.1 Å². The van der Waals surface area contributed by atoms with Gasteiger partial charge in [-0.2, -0.15) is 0 Å². The summed E-state index contributed by atoms with van der Waals surface area (Å²) in [6.45, 7) is 3.01. The fourth-order valence-corrected chi connectivity index (χ4v) is 4.47. The average molecular weight is 368 g/mol. The molecule has 144 valence electrons. The first kappa shape index (κ1) is 18.2. The fraction of sp³-hybridized carbons (Fsp3) is 0.545. The number of para-hydroxylation sites is 1. The minimum atomic E-state index is -0.339. The van der Waals surface area contributed by atoms with Crippen molar-refractivity contribution in [2.45, 2.75) is 70.6 Å². The van der Waals surface area contributed by atoms with Crippen LogP contribution in [0.4, 0.5) is 0 Å². The largest absolute Gasteiger partial charge is 0.368 e. The van der Waals surface area contributed by atoms with E-state index in [2.05, 4.69) is 4.98 Å². The number of hydrogen-bond donors (Lipinski definition) is 1. The first-order valence-electron chi connectivity index (χ1n) is 10.2. The van der Waals surface area contributed by atoms with Crippen LogP contribution in [-0.4, -0.2) is 34.5 Å². The predicted molar refractivity (Wildman–Crippen MR) is 106 cm³/mol. The number of aromatic amines is 1. The molecule has 5 nitrogen and oxygen atoms in total. The number of H-pyrrole nitrogens is 1. The monoisotopic (exact) mass is 368 g/mol. The van der Waals surface area contributed by atoms with Crippen LogP contribution < -0.4 is 5.56 Å². The maximum absolute atomic E-state index is 13.2. The van der Waals surface area contributed by atoms with E-state index in [9.17, 15) is 9.59 Å². The van der Waals surface area contributed by atoms with Gasteiger partial charge in [0.2, 0.25) is 0 Å². The quantitative estimate of drug-likeness (QED) is 0.895. The normalized spacial score (nSPS) is 20.9. The summed E-state index contributed by atoms with van der Waals surface area (Å²) in [5.74, 6) is 0.0585. The Hall–Kier alpha value is -2.14. The lowest BCUT2D eigenvalue weighted by molar-refractivity contribution is -0.144. The molecule has 2 fully saturated rings. The molecule has 0 radical (unpaired) electrons. The highest BCUT2D eigenvalue weighted by Crippen LogP contribution is 2.27. The lowest BCUT2D eigenvalue weighted by Crippen LogP contribution is -2.46. The van der Waals surface area contributed by atoms with Gasteiger partial charge in [0, 0.05) is 18.2 Å². The van der Waals surface area contributed by atoms with E-state index in [4.69, 9.17) is 4.74 Å². The molecule has 4 rings (SSSR count). The van der Waals surface area contributed by atoms with Crippen molar-refractivity contribution in [1.29, 1.82) is 0 Å². The zero-order valence-corrected chi connectivity index (χ0v) is 16.0. The fourth-order valence-electron chi connectivity index (χ4n) is 4.47. The van der Waals surface area contributed by atoms with Gasteiger partial charge in [-0.25, -0.2) is 0 Å². The Morgan fingerprint density at radius 3 is 2.74 bits per heavy atom. The maximum Gasteiger partial charge on any atom is 0.253 e. The SMILES string of the molecule is Cc1cccc2cc(CN(C(=O)[C@H]3CCCO3)C3CCCCC3)c(=O)[nH]c12. The molecule has 1 aliphatic heterocycles. The summed E-state index contributed by atoms with van der Waals surface area (Å²) < 4.78 is 5.66. The summed E-state index contributed by atoms with van der Waals surface area (Å²) in [7, 11) is 0. The van der Waals surface area contributed by atoms with Gasteiger partial charge in [0.05, 0.1) is 12.1 Å². The number of carbonyl (C=O) groups excluding carboxylic acids is 1. The highest BCUT2D eigenvalue weighted by atomic mass is 16.5. The molecule has 2 aromatic rings. The van der Waals surface area contributed by atoms with Crippen molar-refractivity contribution < 1.29 is 9.53 Å². The van der Waals surface area contributed by atoms with Crippen LogP contribution in [0.3, 0.4) is 0 Å². The van der Waals surface area contributed by atoms with E-state index in [1.165, 1.54) is 6.42 Å². The number of aromatic nitrogens is 1. The van der Waals surface area contributed by atoms with Crippen molar-refractivity contribution in [2.24, 2.45) is 0 Å². The number of amides is 1. The summed E-state index contributed by atoms with van der Waals surface area (Å²) in [6, 6.07) is 8.15. The van der Waals surface area contributed by atoms with Gasteiger partial charge >= 0.3 is 0 Å². The van der Waals surface area contributed by atoms with Crippen molar-refractivity contribution in [1.82, 2.24) is 9.88 Å². The number of benzene rings is 1. The standard InChI is InChI=1S/C22H28N2O3/c1-15-7-5-8-16-13-17(21(25)23-20(15)16)14-24(18-9-3-2-4-10-18)22(26)19-11-6-12-27-19/h5,7-8,13,18-19H,2-4,6,9-12,14H2,1H3,(H,23,25)/t19-/m1/s1. The van der Waals surface area contributed by atoms with E-state index < -0.39 is 0 Å². The van der Waals surface area contributed by atoms with Gasteiger partial charge in [-0.1, -0.05) is 37.5 Å². The minimum absolute atomic E-state index is 0.0585. The first-order valence-corrected chi connectivity index (χ1v) is 10.2. The summed E-state index contributed by atoms with van der Waals surface area (Å²) in [5.41, 5.74) is 2.49. The number of fused-ring (bicyclic) bond motifs is 1. The topological polar surface area (TPSA) is 62.4 Å². The van der Waals surface area contributed by atoms with Crippen LogP contribution >= 0.6 is 0 Å². The zero-order chi connectivity index (χ0) is 18.8. The molecule has 2 heterocycles. The predicted octanol–water partition coefficient (Wildman–Crippen LogP) is 3.68. The number of ether oxygens (including phenoxy) is 1. The van der Waals surface area contributed by atoms with Crippen molar-refractivity contribution in [3.63, 3.8) is 0 Å². The smallest absolute Gasteiger partial charge is 0.253 e. The molecule has 1 saturated heterocycles. The second kappa shape index (κ2) is 7.85. The lowest BCUT2D eigenvalue weighted by atomic mass is 9.93. The van der Waals surface area contributed by atoms with Crippen LogP contribution in [0.25, 0.3) is 10.9 Å². The molecular formula is C22H28N2O3. The molecule has 1 atom stereocenters. The molecule has 0 unspecified atom stereocenters. The number of rotatable bonds is 4. The minimum Gasteiger partial charge on any atom is -0.368 e. The van der Waals surface area contributed by atoms with Gasteiger partial charge in [0.15, 0.2) is 0 Å². The molecule has 1 aliphatic carbocycles. The molecule has 1 amide bonds. The number of hydrogen-bond acceptors (Lipinski definition) is 3. The average Bonchev–Trinajstić information content (AvgIpc) is 3.22. The van der Waals surface area contributed by atoms with Crippen LogP contribution in [0.15, 0.2) is 29.1 Å². The Kier molecular flexibility index (Phi) is 5.30. The van der Waals surface area contributed by atoms with Gasteiger partial charge in [-0.05, 0) is 49.6 Å². The van der Waals surface area contributed by atoms with Crippen molar-refractivity contribution in [2.75, 3.05) is 6.61 Å². The molecule has 0 bridgehead atoms. The second-order valence-corrected chi connectivity index (χ2v) is 7.92. The third-order valence-corrected chi connectivity index (χ3v) is 6.01. The second-order valence-electron chi connectivity index (χ2n) is 7.92. The molecular weight excluding hydrogens is 340 g/mol. The third kappa shape index (κ3) is 3.79. The Morgan fingerprint density at radius 2 is 2.00 bits per heavy atom. The van der Waals surface area contributed by atoms with E-state index in [1.54, 1.807) is 0 Å². The summed E-state index contributed by atoms with van der Waals surface area (Å²) in [4.78, 5) is 30.8. The first-order chi connectivity index (χ1) is 13.1. The molecule has 2 aliphatic rings. The van der Waals surface area contributed by atoms with Gasteiger partial charge in [-0.3, -0.25) is 9.59 Å². The van der Waals surface area contributed by atoms with Crippen LogP contribution in [0.2, 0.25) is 0 Å². The van der Waals surface area contributed by atoms with E-state index in [-0.39, 0.29) is 23.6 Å². The maximum atomic E-state index is 13.2. The molecule has 1 aromatic carbocycles. The van der Waals surface area contributed by atoms with Crippen LogP contribution in [-0.2, 0) is 16.1 Å². The van der Waals surface area contributed by atoms with Crippen molar-refractivity contribution >= 4 is 16.8 Å². The van der Waals surface area contributed by atoms with E-state index in [0.717, 1.165) is 55.0 Å². The van der Waals surface area contributed by atoms with Gasteiger partial charge in [-0.15, -0.1) is 0 Å². The van der Waals surface area contributed by atoms with Crippen LogP contribution in [0.5, 0.6) is 0 Å². The van der Waals surface area contributed by atoms with Crippen LogP contribution in [0, 0.1) is 6.92 Å². The molecule has 5 heteroatoms. The highest BCUT2D eigenvalue weighted by Gasteiger charge is 2.33. The summed E-state index contributed by atoms with van der Waals surface area (Å²) >= 11 is 0. The molecule has 1 saturated carbocycles. The van der Waals surface area contributed by atoms with Crippen LogP contribution in [0.1, 0.15) is 56.1 Å². The zero-order valence-electron chi connectivity index (χ0n) is 16.0. The molecule has 27 heavy (non-hydrogen) atoms. The highest BCUT2D eigenvalue weighted by molar-refractivity contribution is 5.83. The van der Waals surface area contributed by atoms with E-state index in [0.29, 0.717) is 18.7 Å². The lowest BCUT2D eigenvalue weighted by Gasteiger charge is -2.35. The Labute approximate surface area is 159 Å². The number of nitrogens with one attached hydrogen (secondary N) is 1. The van der Waals surface area contributed by atoms with Gasteiger partial charge in [0.1, 0.15) is 6.10 Å². The van der Waals surface area contributed by atoms with Gasteiger partial charge in [0.25, 0.3) is 11.5 Å². The molecule has 1 N–H and O–H groups in total. The number of pyridine rings is 1. The summed E-state index contributed by atoms with van der Waals surface area (Å²) in [6.07, 6.45) is 6.94. The van der Waals surface area contributed by atoms with E-state index >= 15 is 0 Å². The third-order valence-electron chi connectivity index (χ3n) is 6.01. The van der Waals surface area contributed by atoms with Crippen molar-refractivity contribution in [3.8, 4) is 0 Å². The Balaban J connectivity index is 1.66. The van der Waals surface area contributed by atoms with Crippen molar-refractivity contribution in [3.05, 3.63) is 45.7 Å². The summed E-state index contributed by atoms with van der Waals surface area (Å²) in [5, 5.41) is 1.01. The Bertz CT molecular complexity index is 877.